The first-order chi connectivity index (χ1) is 12.8. The molecule has 0 bridgehead atoms. The van der Waals surface area contributed by atoms with Gasteiger partial charge in [-0.2, -0.15) is 4.68 Å². The molecule has 0 saturated heterocycles. The maximum absolute atomic E-state index is 5.77. The highest BCUT2D eigenvalue weighted by atomic mass is 32.2. The van der Waals surface area contributed by atoms with Gasteiger partial charge >= 0.3 is 0 Å². The van der Waals surface area contributed by atoms with Gasteiger partial charge in [0.05, 0.1) is 18.0 Å². The summed E-state index contributed by atoms with van der Waals surface area (Å²) in [4.78, 5) is 4.78. The fourth-order valence-corrected chi connectivity index (χ4v) is 2.98. The molecular weight excluding hydrogens is 350 g/mol. The summed E-state index contributed by atoms with van der Waals surface area (Å²) in [5, 5.41) is 16.5. The molecule has 2 aromatic carbocycles. The van der Waals surface area contributed by atoms with Crippen LogP contribution in [0.15, 0.2) is 64.9 Å². The highest BCUT2D eigenvalue weighted by molar-refractivity contribution is 7.99. The molecule has 0 spiro atoms. The van der Waals surface area contributed by atoms with Crippen LogP contribution >= 0.6 is 11.8 Å². The normalized spacial score (nSPS) is 11.4. The van der Waals surface area contributed by atoms with Crippen molar-refractivity contribution in [1.29, 1.82) is 0 Å². The second-order valence-electron chi connectivity index (χ2n) is 5.29. The number of hydrogen-bond donors (Lipinski definition) is 0. The van der Waals surface area contributed by atoms with E-state index in [1.165, 1.54) is 7.11 Å². The Hall–Kier alpha value is -2.87. The van der Waals surface area contributed by atoms with Gasteiger partial charge in [0, 0.05) is 5.75 Å². The first kappa shape index (κ1) is 17.9. The molecule has 0 unspecified atom stereocenters. The summed E-state index contributed by atoms with van der Waals surface area (Å²) in [6.45, 7) is 2.45. The van der Waals surface area contributed by atoms with E-state index in [0.717, 1.165) is 33.6 Å². The largest absolute Gasteiger partial charge is 0.493 e. The van der Waals surface area contributed by atoms with Gasteiger partial charge in [0.15, 0.2) is 0 Å². The molecule has 3 rings (SSSR count). The summed E-state index contributed by atoms with van der Waals surface area (Å²) >= 11 is 1.55. The number of benzene rings is 2. The van der Waals surface area contributed by atoms with Crippen LogP contribution in [0.2, 0.25) is 0 Å². The average Bonchev–Trinajstić information content (AvgIpc) is 3.15. The van der Waals surface area contributed by atoms with Crippen LogP contribution in [0.4, 0.5) is 0 Å². The molecule has 1 heterocycles. The predicted octanol–water partition coefficient (Wildman–Crippen LogP) is 3.20. The zero-order valence-corrected chi connectivity index (χ0v) is 15.4. The number of thioether (sulfide) groups is 1. The molecule has 26 heavy (non-hydrogen) atoms. The van der Waals surface area contributed by atoms with Crippen molar-refractivity contribution in [2.45, 2.75) is 12.1 Å². The zero-order valence-electron chi connectivity index (χ0n) is 14.6. The lowest BCUT2D eigenvalue weighted by Gasteiger charge is -2.07. The molecule has 0 aliphatic rings. The van der Waals surface area contributed by atoms with E-state index in [1.54, 1.807) is 16.4 Å². The number of nitrogens with zero attached hydrogens (tertiary/aromatic N) is 5. The van der Waals surface area contributed by atoms with Crippen LogP contribution in [0, 0.1) is 0 Å². The molecule has 0 radical (unpaired) electrons. The number of rotatable bonds is 8. The highest BCUT2D eigenvalue weighted by Gasteiger charge is 2.08. The van der Waals surface area contributed by atoms with Gasteiger partial charge in [0.25, 0.3) is 0 Å². The van der Waals surface area contributed by atoms with E-state index in [1.807, 2.05) is 61.5 Å². The Labute approximate surface area is 156 Å². The van der Waals surface area contributed by atoms with Gasteiger partial charge in [-0.3, -0.25) is 0 Å². The van der Waals surface area contributed by atoms with Gasteiger partial charge in [-0.25, -0.2) is 0 Å². The Morgan fingerprint density at radius 1 is 1.12 bits per heavy atom. The standard InChI is InChI=1S/C18H19N5O2S/c1-14(20-24-2)15-8-10-17(11-9-15)25-12-13-26-18-19-21-22-23(18)16-6-4-3-5-7-16/h3-11H,12-13H2,1-2H3. The molecule has 0 aliphatic carbocycles. The Morgan fingerprint density at radius 3 is 2.62 bits per heavy atom. The van der Waals surface area contributed by atoms with Gasteiger partial charge in [0.1, 0.15) is 12.9 Å². The van der Waals surface area contributed by atoms with E-state index in [4.69, 9.17) is 9.57 Å². The second-order valence-corrected chi connectivity index (χ2v) is 6.35. The van der Waals surface area contributed by atoms with E-state index < -0.39 is 0 Å². The number of para-hydroxylation sites is 1. The minimum absolute atomic E-state index is 0.552. The van der Waals surface area contributed by atoms with E-state index >= 15 is 0 Å². The Morgan fingerprint density at radius 2 is 1.88 bits per heavy atom. The van der Waals surface area contributed by atoms with Gasteiger partial charge < -0.3 is 9.57 Å². The van der Waals surface area contributed by atoms with Crippen molar-refractivity contribution in [3.8, 4) is 11.4 Å². The van der Waals surface area contributed by atoms with Crippen LogP contribution in [0.3, 0.4) is 0 Å². The average molecular weight is 369 g/mol. The second kappa shape index (κ2) is 9.00. The Kier molecular flexibility index (Phi) is 6.21. The van der Waals surface area contributed by atoms with Crippen molar-refractivity contribution in [1.82, 2.24) is 20.2 Å². The van der Waals surface area contributed by atoms with Gasteiger partial charge in [0.2, 0.25) is 5.16 Å². The first-order valence-corrected chi connectivity index (χ1v) is 9.04. The molecule has 134 valence electrons. The molecule has 1 aromatic heterocycles. The number of oxime groups is 1. The third-order valence-electron chi connectivity index (χ3n) is 3.53. The summed E-state index contributed by atoms with van der Waals surface area (Å²) in [6, 6.07) is 17.6. The van der Waals surface area contributed by atoms with Gasteiger partial charge in [-0.05, 0) is 59.3 Å². The summed E-state index contributed by atoms with van der Waals surface area (Å²) in [5.74, 6) is 1.54. The minimum Gasteiger partial charge on any atom is -0.493 e. The molecule has 0 N–H and O–H groups in total. The first-order valence-electron chi connectivity index (χ1n) is 8.05. The minimum atomic E-state index is 0.552. The number of aromatic nitrogens is 4. The monoisotopic (exact) mass is 369 g/mol. The van der Waals surface area contributed by atoms with Crippen molar-refractivity contribution < 1.29 is 9.57 Å². The van der Waals surface area contributed by atoms with Crippen molar-refractivity contribution in [2.75, 3.05) is 19.5 Å². The molecule has 3 aromatic rings. The molecular formula is C18H19N5O2S. The third-order valence-corrected chi connectivity index (χ3v) is 4.41. The van der Waals surface area contributed by atoms with E-state index in [0.29, 0.717) is 6.61 Å². The van der Waals surface area contributed by atoms with Crippen molar-refractivity contribution in [2.24, 2.45) is 5.16 Å². The van der Waals surface area contributed by atoms with Crippen LogP contribution in [0.25, 0.3) is 5.69 Å². The lowest BCUT2D eigenvalue weighted by atomic mass is 10.1. The van der Waals surface area contributed by atoms with Crippen LogP contribution in [-0.4, -0.2) is 45.4 Å². The molecule has 8 heteroatoms. The zero-order chi connectivity index (χ0) is 18.2. The Balaban J connectivity index is 1.51. The van der Waals surface area contributed by atoms with Crippen LogP contribution in [-0.2, 0) is 4.84 Å². The molecule has 0 fully saturated rings. The maximum atomic E-state index is 5.77. The van der Waals surface area contributed by atoms with Crippen molar-refractivity contribution in [3.63, 3.8) is 0 Å². The van der Waals surface area contributed by atoms with Crippen LogP contribution < -0.4 is 4.74 Å². The summed E-state index contributed by atoms with van der Waals surface area (Å²) in [5.41, 5.74) is 2.75. The fraction of sp³-hybridized carbons (Fsp3) is 0.222. The highest BCUT2D eigenvalue weighted by Crippen LogP contribution is 2.19. The van der Waals surface area contributed by atoms with Gasteiger partial charge in [-0.1, -0.05) is 35.1 Å². The number of hydrogen-bond acceptors (Lipinski definition) is 7. The van der Waals surface area contributed by atoms with E-state index in [9.17, 15) is 0 Å². The lowest BCUT2D eigenvalue weighted by molar-refractivity contribution is 0.213. The quantitative estimate of drug-likeness (QED) is 0.263. The molecule has 0 aliphatic heterocycles. The van der Waals surface area contributed by atoms with E-state index in [2.05, 4.69) is 20.7 Å². The smallest absolute Gasteiger partial charge is 0.214 e. The molecule has 7 nitrogen and oxygen atoms in total. The summed E-state index contributed by atoms with van der Waals surface area (Å²) in [7, 11) is 1.53. The van der Waals surface area contributed by atoms with Crippen molar-refractivity contribution >= 4 is 17.5 Å². The topological polar surface area (TPSA) is 74.4 Å². The third kappa shape index (κ3) is 4.60. The van der Waals surface area contributed by atoms with Crippen LogP contribution in [0.5, 0.6) is 5.75 Å². The summed E-state index contributed by atoms with van der Waals surface area (Å²) in [6.07, 6.45) is 0. The van der Waals surface area contributed by atoms with Crippen molar-refractivity contribution in [3.05, 3.63) is 60.2 Å². The number of tetrazole rings is 1. The fourth-order valence-electron chi connectivity index (χ4n) is 2.27. The molecule has 0 amide bonds. The molecule has 0 atom stereocenters. The SMILES string of the molecule is CON=C(C)c1ccc(OCCSc2nnnn2-c2ccccc2)cc1. The maximum Gasteiger partial charge on any atom is 0.214 e. The van der Waals surface area contributed by atoms with Crippen LogP contribution in [0.1, 0.15) is 12.5 Å². The predicted molar refractivity (Wildman–Crippen MR) is 101 cm³/mol. The summed E-state index contributed by atoms with van der Waals surface area (Å²) < 4.78 is 7.49. The Bertz CT molecular complexity index is 850. The molecule has 0 saturated carbocycles. The van der Waals surface area contributed by atoms with Gasteiger partial charge in [-0.15, -0.1) is 5.10 Å². The van der Waals surface area contributed by atoms with E-state index in [-0.39, 0.29) is 0 Å². The lowest BCUT2D eigenvalue weighted by Crippen LogP contribution is -2.03. The number of ether oxygens (including phenoxy) is 1.